The third-order valence-electron chi connectivity index (χ3n) is 3.03. The molecule has 0 radical (unpaired) electrons. The molecule has 2 N–H and O–H groups in total. The molecule has 108 valence electrons. The van der Waals surface area contributed by atoms with Crippen molar-refractivity contribution in [3.8, 4) is 22.6 Å². The van der Waals surface area contributed by atoms with Crippen LogP contribution >= 0.6 is 11.8 Å². The van der Waals surface area contributed by atoms with Gasteiger partial charge >= 0.3 is 0 Å². The molecule has 5 nitrogen and oxygen atoms in total. The van der Waals surface area contributed by atoms with Crippen molar-refractivity contribution in [2.24, 2.45) is 7.05 Å². The fourth-order valence-corrected chi connectivity index (χ4v) is 2.64. The number of rotatable bonds is 4. The van der Waals surface area contributed by atoms with Crippen LogP contribution < -0.4 is 15.2 Å². The van der Waals surface area contributed by atoms with E-state index in [-0.39, 0.29) is 5.82 Å². The lowest BCUT2D eigenvalue weighted by Crippen LogP contribution is -2.01. The number of aryl methyl sites for hydroxylation is 1. The first-order valence-corrected chi connectivity index (χ1v) is 7.03. The minimum atomic E-state index is -0.381. The zero-order chi connectivity index (χ0) is 14.9. The van der Waals surface area contributed by atoms with Crippen LogP contribution in [0.15, 0.2) is 17.2 Å². The lowest BCUT2D eigenvalue weighted by molar-refractivity contribution is 0.344. The van der Waals surface area contributed by atoms with E-state index in [9.17, 15) is 4.39 Å². The highest BCUT2D eigenvalue weighted by atomic mass is 32.2. The number of anilines is 1. The average Bonchev–Trinajstić information content (AvgIpc) is 2.77. The second-order valence-electron chi connectivity index (χ2n) is 4.07. The predicted molar refractivity (Wildman–Crippen MR) is 77.9 cm³/mol. The number of nitrogen functional groups attached to an aromatic ring is 1. The van der Waals surface area contributed by atoms with Crippen LogP contribution in [-0.4, -0.2) is 30.3 Å². The summed E-state index contributed by atoms with van der Waals surface area (Å²) >= 11 is 1.26. The number of nitrogens with two attached hydrogens (primary N) is 1. The Bertz CT molecular complexity index is 643. The summed E-state index contributed by atoms with van der Waals surface area (Å²) in [5, 5.41) is 4.06. The van der Waals surface area contributed by atoms with Crippen LogP contribution in [0.3, 0.4) is 0 Å². The summed E-state index contributed by atoms with van der Waals surface area (Å²) < 4.78 is 26.4. The minimum Gasteiger partial charge on any atom is -0.492 e. The van der Waals surface area contributed by atoms with Gasteiger partial charge in [0.25, 0.3) is 0 Å². The van der Waals surface area contributed by atoms with Gasteiger partial charge < -0.3 is 15.2 Å². The zero-order valence-corrected chi connectivity index (χ0v) is 12.5. The molecule has 0 bridgehead atoms. The number of nitrogens with zero attached hydrogens (tertiary/aromatic N) is 2. The predicted octanol–water partition coefficient (Wildman–Crippen LogP) is 2.55. The van der Waals surface area contributed by atoms with Crippen molar-refractivity contribution in [1.82, 2.24) is 9.78 Å². The van der Waals surface area contributed by atoms with E-state index < -0.39 is 0 Å². The Labute approximate surface area is 120 Å². The molecule has 0 aliphatic heterocycles. The fourth-order valence-electron chi connectivity index (χ4n) is 2.02. The van der Waals surface area contributed by atoms with Crippen molar-refractivity contribution >= 4 is 17.6 Å². The van der Waals surface area contributed by atoms with E-state index in [1.54, 1.807) is 19.5 Å². The van der Waals surface area contributed by atoms with Gasteiger partial charge in [0.2, 0.25) is 0 Å². The van der Waals surface area contributed by atoms with Gasteiger partial charge in [-0.15, -0.1) is 11.8 Å². The number of ether oxygens (including phenoxy) is 2. The van der Waals surface area contributed by atoms with Crippen LogP contribution in [0.2, 0.25) is 0 Å². The molecule has 7 heteroatoms. The first kappa shape index (κ1) is 14.5. The molecule has 0 unspecified atom stereocenters. The Morgan fingerprint density at radius 1 is 1.25 bits per heavy atom. The van der Waals surface area contributed by atoms with Gasteiger partial charge in [-0.3, -0.25) is 4.68 Å². The van der Waals surface area contributed by atoms with Crippen LogP contribution in [0.1, 0.15) is 0 Å². The molecular weight excluding hydrogens is 281 g/mol. The second kappa shape index (κ2) is 5.62. The fraction of sp³-hybridized carbons (Fsp3) is 0.308. The number of halogens is 1. The van der Waals surface area contributed by atoms with Gasteiger partial charge in [0.15, 0.2) is 11.5 Å². The third-order valence-corrected chi connectivity index (χ3v) is 3.82. The van der Waals surface area contributed by atoms with E-state index in [0.29, 0.717) is 33.3 Å². The van der Waals surface area contributed by atoms with Gasteiger partial charge in [0.1, 0.15) is 11.6 Å². The number of thioether (sulfide) groups is 1. The molecule has 1 heterocycles. The second-order valence-corrected chi connectivity index (χ2v) is 4.89. The van der Waals surface area contributed by atoms with Gasteiger partial charge in [0.05, 0.1) is 25.3 Å². The van der Waals surface area contributed by atoms with E-state index in [1.807, 2.05) is 0 Å². The van der Waals surface area contributed by atoms with E-state index in [0.717, 1.165) is 0 Å². The van der Waals surface area contributed by atoms with Crippen LogP contribution in [0, 0.1) is 5.82 Å². The molecule has 0 saturated carbocycles. The summed E-state index contributed by atoms with van der Waals surface area (Å²) in [5.74, 6) is 0.853. The maximum absolute atomic E-state index is 14.2. The van der Waals surface area contributed by atoms with E-state index in [1.165, 1.54) is 36.7 Å². The molecule has 0 saturated heterocycles. The molecule has 2 rings (SSSR count). The van der Waals surface area contributed by atoms with Crippen molar-refractivity contribution in [1.29, 1.82) is 0 Å². The van der Waals surface area contributed by atoms with Gasteiger partial charge in [-0.2, -0.15) is 5.10 Å². The van der Waals surface area contributed by atoms with Crippen molar-refractivity contribution in [2.75, 3.05) is 26.2 Å². The van der Waals surface area contributed by atoms with E-state index in [2.05, 4.69) is 5.10 Å². The van der Waals surface area contributed by atoms with Crippen LogP contribution in [0.5, 0.6) is 11.5 Å². The maximum Gasteiger partial charge on any atom is 0.177 e. The quantitative estimate of drug-likeness (QED) is 0.879. The van der Waals surface area contributed by atoms with E-state index in [4.69, 9.17) is 15.2 Å². The number of aromatic nitrogens is 2. The molecule has 0 aliphatic carbocycles. The summed E-state index contributed by atoms with van der Waals surface area (Å²) in [5.41, 5.74) is 7.07. The molecule has 0 aliphatic rings. The highest BCUT2D eigenvalue weighted by Crippen LogP contribution is 2.46. The largest absolute Gasteiger partial charge is 0.492 e. The van der Waals surface area contributed by atoms with Crippen molar-refractivity contribution < 1.29 is 13.9 Å². The molecule has 20 heavy (non-hydrogen) atoms. The molecule has 1 aromatic carbocycles. The molecule has 0 fully saturated rings. The highest BCUT2D eigenvalue weighted by molar-refractivity contribution is 7.98. The zero-order valence-electron chi connectivity index (χ0n) is 11.7. The molecule has 1 aromatic heterocycles. The maximum atomic E-state index is 14.2. The molecule has 0 atom stereocenters. The molecular formula is C13H16FN3O2S. The number of methoxy groups -OCH3 is 2. The van der Waals surface area contributed by atoms with Gasteiger partial charge in [-0.25, -0.2) is 4.39 Å². The van der Waals surface area contributed by atoms with Gasteiger partial charge in [0, 0.05) is 18.2 Å². The summed E-state index contributed by atoms with van der Waals surface area (Å²) in [7, 11) is 4.71. The van der Waals surface area contributed by atoms with Crippen LogP contribution in [0.4, 0.5) is 10.2 Å². The average molecular weight is 297 g/mol. The van der Waals surface area contributed by atoms with Gasteiger partial charge in [-0.05, 0) is 12.3 Å². The topological polar surface area (TPSA) is 62.3 Å². The normalized spacial score (nSPS) is 10.7. The Morgan fingerprint density at radius 3 is 2.35 bits per heavy atom. The number of hydrogen-bond acceptors (Lipinski definition) is 5. The Kier molecular flexibility index (Phi) is 4.08. The van der Waals surface area contributed by atoms with Crippen LogP contribution in [0.25, 0.3) is 11.1 Å². The number of benzene rings is 1. The summed E-state index contributed by atoms with van der Waals surface area (Å²) in [4.78, 5) is 0.399. The lowest BCUT2D eigenvalue weighted by Gasteiger charge is -2.16. The monoisotopic (exact) mass is 297 g/mol. The van der Waals surface area contributed by atoms with Crippen molar-refractivity contribution in [3.63, 3.8) is 0 Å². The standard InChI is InChI=1S/C13H16FN3O2S/c1-17-13(15)8(6-16-17)7-5-9(14)12(20-4)11(19-3)10(7)18-2/h5-6H,15H2,1-4H3. The van der Waals surface area contributed by atoms with Gasteiger partial charge in [-0.1, -0.05) is 0 Å². The van der Waals surface area contributed by atoms with E-state index >= 15 is 0 Å². The Balaban J connectivity index is 2.77. The number of hydrogen-bond donors (Lipinski definition) is 1. The smallest absolute Gasteiger partial charge is 0.177 e. The molecule has 0 amide bonds. The first-order valence-electron chi connectivity index (χ1n) is 5.81. The third kappa shape index (κ3) is 2.18. The summed E-state index contributed by atoms with van der Waals surface area (Å²) in [6.45, 7) is 0. The Hall–Kier alpha value is -1.89. The SMILES string of the molecule is COc1c(-c2cnn(C)c2N)cc(F)c(SC)c1OC. The van der Waals surface area contributed by atoms with Crippen molar-refractivity contribution in [2.45, 2.75) is 4.90 Å². The van der Waals surface area contributed by atoms with Crippen LogP contribution in [-0.2, 0) is 7.05 Å². The molecule has 0 spiro atoms. The summed E-state index contributed by atoms with van der Waals surface area (Å²) in [6, 6.07) is 1.39. The minimum absolute atomic E-state index is 0.359. The molecule has 2 aromatic rings. The lowest BCUT2D eigenvalue weighted by atomic mass is 10.1. The van der Waals surface area contributed by atoms with Crippen molar-refractivity contribution in [3.05, 3.63) is 18.1 Å². The highest BCUT2D eigenvalue weighted by Gasteiger charge is 2.22. The Morgan fingerprint density at radius 2 is 1.90 bits per heavy atom. The summed E-state index contributed by atoms with van der Waals surface area (Å²) in [6.07, 6.45) is 3.35. The first-order chi connectivity index (χ1) is 9.54.